The molecule has 0 aliphatic carbocycles. The third-order valence-corrected chi connectivity index (χ3v) is 6.33. The van der Waals surface area contributed by atoms with Gasteiger partial charge >= 0.3 is 5.97 Å². The summed E-state index contributed by atoms with van der Waals surface area (Å²) >= 11 is 0. The number of rotatable bonds is 9. The van der Waals surface area contributed by atoms with Crippen LogP contribution in [0.4, 0.5) is 0 Å². The normalized spacial score (nSPS) is 11.0. The lowest BCUT2D eigenvalue weighted by Crippen LogP contribution is -2.04. The molecule has 0 fully saturated rings. The Morgan fingerprint density at radius 1 is 0.833 bits per heavy atom. The highest BCUT2D eigenvalue weighted by atomic mass is 16.5. The van der Waals surface area contributed by atoms with Gasteiger partial charge in [-0.1, -0.05) is 66.7 Å². The van der Waals surface area contributed by atoms with Crippen molar-refractivity contribution in [3.8, 4) is 16.9 Å². The van der Waals surface area contributed by atoms with Crippen LogP contribution in [0.25, 0.3) is 22.0 Å². The Labute approximate surface area is 210 Å². The van der Waals surface area contributed by atoms with E-state index in [0.29, 0.717) is 24.5 Å². The molecule has 0 spiro atoms. The molecule has 4 aromatic carbocycles. The molecule has 180 valence electrons. The number of carboxylic acid groups (broad SMARTS) is 1. The van der Waals surface area contributed by atoms with E-state index >= 15 is 0 Å². The lowest BCUT2D eigenvalue weighted by Gasteiger charge is -2.14. The molecule has 0 amide bonds. The highest BCUT2D eigenvalue weighted by Crippen LogP contribution is 2.33. The first-order valence-corrected chi connectivity index (χ1v) is 12.0. The Morgan fingerprint density at radius 3 is 2.42 bits per heavy atom. The van der Waals surface area contributed by atoms with Crippen molar-refractivity contribution in [3.63, 3.8) is 0 Å². The molecule has 5 nitrogen and oxygen atoms in total. The van der Waals surface area contributed by atoms with Crippen molar-refractivity contribution < 1.29 is 14.6 Å². The summed E-state index contributed by atoms with van der Waals surface area (Å²) in [5, 5.41) is 10.4. The zero-order valence-electron chi connectivity index (χ0n) is 19.9. The van der Waals surface area contributed by atoms with Crippen LogP contribution in [-0.2, 0) is 30.9 Å². The van der Waals surface area contributed by atoms with Crippen molar-refractivity contribution in [2.45, 2.75) is 26.1 Å². The molecule has 0 aliphatic rings. The number of aliphatic carboxylic acids is 1. The zero-order chi connectivity index (χ0) is 24.9. The number of carbonyl (C=O) groups is 1. The first-order valence-electron chi connectivity index (χ1n) is 12.0. The second-order valence-electron chi connectivity index (χ2n) is 8.88. The number of aromatic nitrogens is 1. The maximum atomic E-state index is 11.3. The van der Waals surface area contributed by atoms with Gasteiger partial charge in [-0.3, -0.25) is 4.79 Å². The number of nitrogens with zero attached hydrogens (tertiary/aromatic N) is 1. The van der Waals surface area contributed by atoms with Crippen molar-refractivity contribution in [1.82, 2.24) is 4.57 Å². The summed E-state index contributed by atoms with van der Waals surface area (Å²) in [5.41, 5.74) is 13.2. The zero-order valence-corrected chi connectivity index (χ0v) is 19.9. The van der Waals surface area contributed by atoms with Gasteiger partial charge in [0.15, 0.2) is 0 Å². The van der Waals surface area contributed by atoms with E-state index in [1.807, 2.05) is 36.4 Å². The average molecular weight is 477 g/mol. The van der Waals surface area contributed by atoms with Crippen LogP contribution in [0, 0.1) is 0 Å². The highest BCUT2D eigenvalue weighted by Gasteiger charge is 2.13. The van der Waals surface area contributed by atoms with Gasteiger partial charge in [-0.2, -0.15) is 0 Å². The van der Waals surface area contributed by atoms with Gasteiger partial charge < -0.3 is 20.1 Å². The van der Waals surface area contributed by atoms with Crippen molar-refractivity contribution in [2.24, 2.45) is 5.73 Å². The van der Waals surface area contributed by atoms with Crippen molar-refractivity contribution >= 4 is 16.9 Å². The van der Waals surface area contributed by atoms with Gasteiger partial charge in [0, 0.05) is 35.8 Å². The van der Waals surface area contributed by atoms with Gasteiger partial charge in [-0.15, -0.1) is 0 Å². The van der Waals surface area contributed by atoms with E-state index in [9.17, 15) is 9.90 Å². The van der Waals surface area contributed by atoms with Gasteiger partial charge in [0.2, 0.25) is 0 Å². The SMILES string of the molecule is NCc1cccc(-c2cc(COc3ccccc3CC(=O)O)cc3c2ccn3Cc2ccccc2)c1. The summed E-state index contributed by atoms with van der Waals surface area (Å²) in [5.74, 6) is -0.292. The van der Waals surface area contributed by atoms with Crippen LogP contribution in [-0.4, -0.2) is 15.6 Å². The number of carboxylic acids is 1. The number of ether oxygens (including phenoxy) is 1. The summed E-state index contributed by atoms with van der Waals surface area (Å²) in [6.45, 7) is 1.57. The molecule has 0 bridgehead atoms. The molecular weight excluding hydrogens is 448 g/mol. The first-order chi connectivity index (χ1) is 17.6. The monoisotopic (exact) mass is 476 g/mol. The predicted octanol–water partition coefficient (Wildman–Crippen LogP) is 6.02. The van der Waals surface area contributed by atoms with Crippen LogP contribution in [0.2, 0.25) is 0 Å². The lowest BCUT2D eigenvalue weighted by molar-refractivity contribution is -0.136. The van der Waals surface area contributed by atoms with Crippen LogP contribution >= 0.6 is 0 Å². The molecule has 0 saturated heterocycles. The number of nitrogens with two attached hydrogens (primary N) is 1. The standard InChI is InChI=1S/C31H28N2O3/c32-19-23-9-6-11-25(15-23)28-16-24(21-36-30-12-5-4-10-26(30)18-31(34)35)17-29-27(28)13-14-33(29)20-22-7-2-1-3-8-22/h1-17H,18-21,32H2,(H,34,35). The summed E-state index contributed by atoms with van der Waals surface area (Å²) in [4.78, 5) is 11.3. The lowest BCUT2D eigenvalue weighted by atomic mass is 9.97. The third-order valence-electron chi connectivity index (χ3n) is 6.33. The Hall–Kier alpha value is -4.35. The molecule has 36 heavy (non-hydrogen) atoms. The second kappa shape index (κ2) is 10.5. The third kappa shape index (κ3) is 5.16. The van der Waals surface area contributed by atoms with Gasteiger partial charge in [-0.25, -0.2) is 0 Å². The number of fused-ring (bicyclic) bond motifs is 1. The van der Waals surface area contributed by atoms with Crippen molar-refractivity contribution in [3.05, 3.63) is 126 Å². The van der Waals surface area contributed by atoms with Crippen LogP contribution < -0.4 is 10.5 Å². The van der Waals surface area contributed by atoms with E-state index in [1.54, 1.807) is 6.07 Å². The van der Waals surface area contributed by atoms with Gasteiger partial charge in [0.1, 0.15) is 12.4 Å². The maximum Gasteiger partial charge on any atom is 0.307 e. The van der Waals surface area contributed by atoms with Crippen LogP contribution in [0.5, 0.6) is 5.75 Å². The minimum atomic E-state index is -0.881. The largest absolute Gasteiger partial charge is 0.489 e. The molecule has 0 unspecified atom stereocenters. The smallest absolute Gasteiger partial charge is 0.307 e. The average Bonchev–Trinajstić information content (AvgIpc) is 3.30. The van der Waals surface area contributed by atoms with E-state index in [4.69, 9.17) is 10.5 Å². The van der Waals surface area contributed by atoms with Crippen molar-refractivity contribution in [1.29, 1.82) is 0 Å². The van der Waals surface area contributed by atoms with E-state index in [-0.39, 0.29) is 6.42 Å². The maximum absolute atomic E-state index is 11.3. The molecule has 0 radical (unpaired) electrons. The fourth-order valence-electron chi connectivity index (χ4n) is 4.57. The topological polar surface area (TPSA) is 77.5 Å². The molecule has 1 heterocycles. The van der Waals surface area contributed by atoms with E-state index in [2.05, 4.69) is 65.4 Å². The second-order valence-corrected chi connectivity index (χ2v) is 8.88. The summed E-state index contributed by atoms with van der Waals surface area (Å²) < 4.78 is 8.40. The highest BCUT2D eigenvalue weighted by molar-refractivity contribution is 5.96. The Bertz CT molecular complexity index is 1510. The minimum Gasteiger partial charge on any atom is -0.489 e. The molecule has 3 N–H and O–H groups in total. The minimum absolute atomic E-state index is 0.0771. The Balaban J connectivity index is 1.55. The Kier molecular flexibility index (Phi) is 6.83. The van der Waals surface area contributed by atoms with Gasteiger partial charge in [0.05, 0.1) is 6.42 Å². The summed E-state index contributed by atoms with van der Waals surface area (Å²) in [7, 11) is 0. The number of para-hydroxylation sites is 1. The quantitative estimate of drug-likeness (QED) is 0.273. The number of benzene rings is 4. The van der Waals surface area contributed by atoms with E-state index in [0.717, 1.165) is 39.7 Å². The van der Waals surface area contributed by atoms with Gasteiger partial charge in [-0.05, 0) is 58.1 Å². The van der Waals surface area contributed by atoms with Crippen molar-refractivity contribution in [2.75, 3.05) is 0 Å². The molecular formula is C31H28N2O3. The number of hydrogen-bond donors (Lipinski definition) is 2. The predicted molar refractivity (Wildman–Crippen MR) is 143 cm³/mol. The summed E-state index contributed by atoms with van der Waals surface area (Å²) in [6.07, 6.45) is 2.05. The Morgan fingerprint density at radius 2 is 1.61 bits per heavy atom. The summed E-state index contributed by atoms with van der Waals surface area (Å²) in [6, 6.07) is 32.5. The molecule has 0 saturated carbocycles. The van der Waals surface area contributed by atoms with Gasteiger partial charge in [0.25, 0.3) is 0 Å². The molecule has 1 aromatic heterocycles. The fraction of sp³-hybridized carbons (Fsp3) is 0.129. The van der Waals surface area contributed by atoms with Crippen LogP contribution in [0.1, 0.15) is 22.3 Å². The van der Waals surface area contributed by atoms with Crippen LogP contribution in [0.15, 0.2) is 103 Å². The number of hydrogen-bond acceptors (Lipinski definition) is 3. The molecule has 5 rings (SSSR count). The van der Waals surface area contributed by atoms with E-state index < -0.39 is 5.97 Å². The molecule has 5 aromatic rings. The van der Waals surface area contributed by atoms with E-state index in [1.165, 1.54) is 5.56 Å². The first kappa shape index (κ1) is 23.4. The molecule has 5 heteroatoms. The molecule has 0 atom stereocenters. The van der Waals surface area contributed by atoms with Crippen LogP contribution in [0.3, 0.4) is 0 Å². The fourth-order valence-corrected chi connectivity index (χ4v) is 4.57. The molecule has 0 aliphatic heterocycles.